The van der Waals surface area contributed by atoms with E-state index < -0.39 is 0 Å². The number of imidazole rings is 1. The Bertz CT molecular complexity index is 668. The van der Waals surface area contributed by atoms with Gasteiger partial charge in [0.25, 0.3) is 5.56 Å². The van der Waals surface area contributed by atoms with Gasteiger partial charge in [0.05, 0.1) is 0 Å². The first-order chi connectivity index (χ1) is 7.65. The van der Waals surface area contributed by atoms with Crippen molar-refractivity contribution in [3.63, 3.8) is 0 Å². The highest BCUT2D eigenvalue weighted by molar-refractivity contribution is 7.99. The molecule has 2 aromatic heterocycles. The van der Waals surface area contributed by atoms with Gasteiger partial charge in [-0.25, -0.2) is 4.98 Å². The minimum atomic E-state index is -0.0357. The summed E-state index contributed by atoms with van der Waals surface area (Å²) in [6.45, 7) is 2.86. The van der Waals surface area contributed by atoms with Gasteiger partial charge in [0.2, 0.25) is 0 Å². The molecule has 2 aromatic rings. The molecule has 16 heavy (non-hydrogen) atoms. The predicted octanol–water partition coefficient (Wildman–Crippen LogP) is 1.52. The molecular weight excluding hydrogens is 244 g/mol. The summed E-state index contributed by atoms with van der Waals surface area (Å²) in [6, 6.07) is 0. The van der Waals surface area contributed by atoms with Crippen molar-refractivity contribution in [1.29, 1.82) is 0 Å². The number of aromatic amines is 2. The SMILES string of the molecule is C[C@H]1CSc2nc3[nH]c(=S)[nH]c3c(=O)n2C1. The van der Waals surface area contributed by atoms with Crippen LogP contribution < -0.4 is 5.56 Å². The monoisotopic (exact) mass is 254 g/mol. The van der Waals surface area contributed by atoms with Gasteiger partial charge in [-0.2, -0.15) is 0 Å². The van der Waals surface area contributed by atoms with Gasteiger partial charge in [-0.1, -0.05) is 18.7 Å². The van der Waals surface area contributed by atoms with E-state index in [-0.39, 0.29) is 5.56 Å². The molecule has 3 heterocycles. The summed E-state index contributed by atoms with van der Waals surface area (Å²) in [5.41, 5.74) is 0.998. The van der Waals surface area contributed by atoms with Crippen molar-refractivity contribution in [2.75, 3.05) is 5.75 Å². The molecule has 1 aliphatic rings. The van der Waals surface area contributed by atoms with Crippen LogP contribution >= 0.6 is 24.0 Å². The summed E-state index contributed by atoms with van der Waals surface area (Å²) in [5.74, 6) is 1.50. The zero-order valence-electron chi connectivity index (χ0n) is 8.61. The van der Waals surface area contributed by atoms with Crippen LogP contribution in [0.5, 0.6) is 0 Å². The van der Waals surface area contributed by atoms with E-state index in [1.165, 1.54) is 0 Å². The zero-order chi connectivity index (χ0) is 11.3. The summed E-state index contributed by atoms with van der Waals surface area (Å²) in [6.07, 6.45) is 0. The van der Waals surface area contributed by atoms with Crippen LogP contribution in [-0.2, 0) is 6.54 Å². The molecule has 7 heteroatoms. The molecular formula is C9H10N4OS2. The molecule has 0 bridgehead atoms. The van der Waals surface area contributed by atoms with Crippen molar-refractivity contribution < 1.29 is 0 Å². The van der Waals surface area contributed by atoms with Crippen LogP contribution in [0.3, 0.4) is 0 Å². The van der Waals surface area contributed by atoms with E-state index in [2.05, 4.69) is 21.9 Å². The van der Waals surface area contributed by atoms with Gasteiger partial charge in [0, 0.05) is 12.3 Å². The maximum absolute atomic E-state index is 12.1. The van der Waals surface area contributed by atoms with Crippen LogP contribution in [0.2, 0.25) is 0 Å². The van der Waals surface area contributed by atoms with E-state index in [0.717, 1.165) is 17.5 Å². The van der Waals surface area contributed by atoms with Gasteiger partial charge in [0.1, 0.15) is 0 Å². The largest absolute Gasteiger partial charge is 0.325 e. The fourth-order valence-electron chi connectivity index (χ4n) is 1.84. The van der Waals surface area contributed by atoms with Crippen molar-refractivity contribution in [3.8, 4) is 0 Å². The van der Waals surface area contributed by atoms with Crippen molar-refractivity contribution in [2.45, 2.75) is 18.6 Å². The van der Waals surface area contributed by atoms with E-state index in [9.17, 15) is 4.79 Å². The average molecular weight is 254 g/mol. The number of nitrogens with zero attached hydrogens (tertiary/aromatic N) is 2. The third kappa shape index (κ3) is 1.42. The Hall–Kier alpha value is -1.08. The molecule has 0 unspecified atom stereocenters. The first kappa shape index (κ1) is 10.1. The second-order valence-electron chi connectivity index (χ2n) is 4.03. The van der Waals surface area contributed by atoms with Crippen molar-refractivity contribution >= 4 is 35.1 Å². The lowest BCUT2D eigenvalue weighted by Gasteiger charge is -2.21. The topological polar surface area (TPSA) is 66.5 Å². The Balaban J connectivity index is 2.37. The number of thioether (sulfide) groups is 1. The number of fused-ring (bicyclic) bond motifs is 2. The van der Waals surface area contributed by atoms with E-state index >= 15 is 0 Å². The number of nitrogens with one attached hydrogen (secondary N) is 2. The summed E-state index contributed by atoms with van der Waals surface area (Å²) in [4.78, 5) is 22.3. The zero-order valence-corrected chi connectivity index (χ0v) is 10.2. The third-order valence-electron chi connectivity index (χ3n) is 2.60. The lowest BCUT2D eigenvalue weighted by Crippen LogP contribution is -2.30. The predicted molar refractivity (Wildman–Crippen MR) is 65.4 cm³/mol. The van der Waals surface area contributed by atoms with Gasteiger partial charge >= 0.3 is 0 Å². The molecule has 0 amide bonds. The highest BCUT2D eigenvalue weighted by atomic mass is 32.2. The van der Waals surface area contributed by atoms with Crippen LogP contribution in [0.25, 0.3) is 11.2 Å². The minimum absolute atomic E-state index is 0.0357. The Kier molecular flexibility index (Phi) is 2.18. The van der Waals surface area contributed by atoms with E-state index in [1.54, 1.807) is 16.3 Å². The van der Waals surface area contributed by atoms with Crippen molar-refractivity contribution in [1.82, 2.24) is 19.5 Å². The Labute approximate surface area is 100 Å². The van der Waals surface area contributed by atoms with Gasteiger partial charge in [0.15, 0.2) is 21.1 Å². The molecule has 0 radical (unpaired) electrons. The molecule has 0 spiro atoms. The second-order valence-corrected chi connectivity index (χ2v) is 5.42. The maximum atomic E-state index is 12.1. The standard InChI is InChI=1S/C9H10N4OS2/c1-4-2-13-7(14)5-6(11-8(15)10-5)12-9(13)16-3-4/h4H,2-3H2,1H3,(H2,10,11,15)/t4-/m1/s1. The molecule has 0 saturated heterocycles. The van der Waals surface area contributed by atoms with E-state index in [4.69, 9.17) is 12.2 Å². The first-order valence-corrected chi connectivity index (χ1v) is 6.40. The third-order valence-corrected chi connectivity index (χ3v) is 4.11. The second kappa shape index (κ2) is 3.46. The summed E-state index contributed by atoms with van der Waals surface area (Å²) in [7, 11) is 0. The van der Waals surface area contributed by atoms with Crippen LogP contribution in [0, 0.1) is 10.7 Å². The molecule has 1 atom stereocenters. The molecule has 0 aromatic carbocycles. The lowest BCUT2D eigenvalue weighted by atomic mass is 10.2. The Morgan fingerprint density at radius 3 is 3.19 bits per heavy atom. The number of hydrogen-bond acceptors (Lipinski definition) is 4. The molecule has 3 rings (SSSR count). The molecule has 0 aliphatic carbocycles. The molecule has 5 nitrogen and oxygen atoms in total. The highest BCUT2D eigenvalue weighted by Gasteiger charge is 2.20. The van der Waals surface area contributed by atoms with Crippen LogP contribution in [0.1, 0.15) is 6.92 Å². The molecule has 84 valence electrons. The lowest BCUT2D eigenvalue weighted by molar-refractivity contribution is 0.464. The normalized spacial score (nSPS) is 19.9. The van der Waals surface area contributed by atoms with Crippen molar-refractivity contribution in [2.24, 2.45) is 5.92 Å². The molecule has 0 fully saturated rings. The first-order valence-electron chi connectivity index (χ1n) is 5.01. The summed E-state index contributed by atoms with van der Waals surface area (Å²) < 4.78 is 2.17. The van der Waals surface area contributed by atoms with E-state index in [0.29, 0.717) is 21.9 Å². The van der Waals surface area contributed by atoms with Gasteiger partial charge in [-0.05, 0) is 18.1 Å². The van der Waals surface area contributed by atoms with Crippen LogP contribution in [-0.4, -0.2) is 25.3 Å². The van der Waals surface area contributed by atoms with Crippen molar-refractivity contribution in [3.05, 3.63) is 15.1 Å². The van der Waals surface area contributed by atoms with Crippen LogP contribution in [0.15, 0.2) is 9.95 Å². The minimum Gasteiger partial charge on any atom is -0.325 e. The molecule has 1 aliphatic heterocycles. The number of aromatic nitrogens is 4. The fourth-order valence-corrected chi connectivity index (χ4v) is 3.05. The number of H-pyrrole nitrogens is 2. The Morgan fingerprint density at radius 1 is 1.56 bits per heavy atom. The van der Waals surface area contributed by atoms with E-state index in [1.807, 2.05) is 0 Å². The van der Waals surface area contributed by atoms with Gasteiger partial charge in [-0.3, -0.25) is 9.36 Å². The Morgan fingerprint density at radius 2 is 2.38 bits per heavy atom. The summed E-state index contributed by atoms with van der Waals surface area (Å²) in [5, 5.41) is 0.779. The number of hydrogen-bond donors (Lipinski definition) is 2. The van der Waals surface area contributed by atoms with Crippen LogP contribution in [0.4, 0.5) is 0 Å². The number of rotatable bonds is 0. The van der Waals surface area contributed by atoms with Gasteiger partial charge in [-0.15, -0.1) is 0 Å². The molecule has 2 N–H and O–H groups in total. The smallest absolute Gasteiger partial charge is 0.280 e. The quantitative estimate of drug-likeness (QED) is 0.552. The molecule has 0 saturated carbocycles. The van der Waals surface area contributed by atoms with Gasteiger partial charge < -0.3 is 9.97 Å². The fraction of sp³-hybridized carbons (Fsp3) is 0.444. The highest BCUT2D eigenvalue weighted by Crippen LogP contribution is 2.25. The summed E-state index contributed by atoms with van der Waals surface area (Å²) >= 11 is 6.58. The maximum Gasteiger partial charge on any atom is 0.280 e. The average Bonchev–Trinajstić information content (AvgIpc) is 2.61.